The van der Waals surface area contributed by atoms with Crippen LogP contribution in [-0.2, 0) is 15.1 Å². The Bertz CT molecular complexity index is 1180. The number of carbonyl (C=O) groups excluding carboxylic acids is 2. The van der Waals surface area contributed by atoms with Crippen LogP contribution in [0.15, 0.2) is 53.7 Å². The number of ketones is 1. The van der Waals surface area contributed by atoms with Crippen LogP contribution in [0.2, 0.25) is 0 Å². The summed E-state index contributed by atoms with van der Waals surface area (Å²) in [6.45, 7) is 4.03. The van der Waals surface area contributed by atoms with Crippen molar-refractivity contribution in [3.63, 3.8) is 0 Å². The summed E-state index contributed by atoms with van der Waals surface area (Å²) in [5.41, 5.74) is 1.29. The van der Waals surface area contributed by atoms with E-state index in [9.17, 15) is 19.7 Å². The number of Topliss-reactive ketones (excluding diaryl/α,β-unsaturated/α-hetero) is 1. The van der Waals surface area contributed by atoms with E-state index in [0.717, 1.165) is 5.69 Å². The van der Waals surface area contributed by atoms with Crippen LogP contribution in [-0.4, -0.2) is 16.6 Å². The van der Waals surface area contributed by atoms with Gasteiger partial charge in [-0.3, -0.25) is 19.7 Å². The average molecular weight is 404 g/mol. The summed E-state index contributed by atoms with van der Waals surface area (Å²) >= 11 is 0. The molecule has 1 spiro atoms. The highest BCUT2D eigenvalue weighted by Crippen LogP contribution is 2.52. The molecule has 1 amide bonds. The summed E-state index contributed by atoms with van der Waals surface area (Å²) in [6, 6.07) is 11.6. The Morgan fingerprint density at radius 1 is 0.967 bits per heavy atom. The number of amides is 1. The third-order valence-corrected chi connectivity index (χ3v) is 5.99. The monoisotopic (exact) mass is 404 g/mol. The highest BCUT2D eigenvalue weighted by molar-refractivity contribution is 6.18. The molecule has 0 fully saturated rings. The van der Waals surface area contributed by atoms with Crippen molar-refractivity contribution in [2.24, 2.45) is 5.41 Å². The smallest absolute Gasteiger partial charge is 0.269 e. The van der Waals surface area contributed by atoms with Crippen LogP contribution < -0.4 is 16.0 Å². The number of nitrogens with one attached hydrogen (secondary N) is 3. The number of hydrogen-bond donors (Lipinski definition) is 3. The molecule has 2 aromatic carbocycles. The zero-order valence-electron chi connectivity index (χ0n) is 16.5. The van der Waals surface area contributed by atoms with Crippen molar-refractivity contribution in [1.29, 1.82) is 0 Å². The number of carbonyl (C=O) groups is 2. The Morgan fingerprint density at radius 3 is 2.43 bits per heavy atom. The Labute approximate surface area is 172 Å². The second-order valence-corrected chi connectivity index (χ2v) is 8.78. The molecule has 1 aliphatic carbocycles. The van der Waals surface area contributed by atoms with Crippen molar-refractivity contribution in [3.8, 4) is 0 Å². The van der Waals surface area contributed by atoms with E-state index in [2.05, 4.69) is 16.0 Å². The number of non-ortho nitro benzene ring substituents is 1. The lowest BCUT2D eigenvalue weighted by atomic mass is 9.69. The van der Waals surface area contributed by atoms with E-state index in [1.54, 1.807) is 0 Å². The molecule has 2 aromatic rings. The number of anilines is 3. The topological polar surface area (TPSA) is 113 Å². The standard InChI is InChI=1S/C22H20N4O4/c1-21(2)10-17-19(18(27)11-21)22(25-16-6-4-3-5-15(16)23-17)13-9-12(26(29)30)7-8-14(13)24-20(22)28/h3-9,23,25H,10-11H2,1-2H3,(H,24,28). The lowest BCUT2D eigenvalue weighted by molar-refractivity contribution is -0.384. The summed E-state index contributed by atoms with van der Waals surface area (Å²) in [7, 11) is 0. The summed E-state index contributed by atoms with van der Waals surface area (Å²) in [6.07, 6.45) is 0.855. The first kappa shape index (κ1) is 18.4. The van der Waals surface area contributed by atoms with Gasteiger partial charge in [0.2, 0.25) is 0 Å². The van der Waals surface area contributed by atoms with Gasteiger partial charge in [0, 0.05) is 35.5 Å². The van der Waals surface area contributed by atoms with E-state index < -0.39 is 16.4 Å². The summed E-state index contributed by atoms with van der Waals surface area (Å²) in [5, 5.41) is 20.9. The van der Waals surface area contributed by atoms with Crippen molar-refractivity contribution >= 4 is 34.4 Å². The van der Waals surface area contributed by atoms with E-state index in [1.807, 2.05) is 38.1 Å². The van der Waals surface area contributed by atoms with Crippen LogP contribution in [0.5, 0.6) is 0 Å². The molecule has 0 saturated heterocycles. The number of rotatable bonds is 1. The van der Waals surface area contributed by atoms with Crippen molar-refractivity contribution < 1.29 is 14.5 Å². The van der Waals surface area contributed by atoms with Crippen LogP contribution >= 0.6 is 0 Å². The third kappa shape index (κ3) is 2.46. The maximum Gasteiger partial charge on any atom is 0.269 e. The van der Waals surface area contributed by atoms with Crippen LogP contribution in [0.4, 0.5) is 22.7 Å². The fourth-order valence-corrected chi connectivity index (χ4v) is 4.77. The van der Waals surface area contributed by atoms with E-state index in [-0.39, 0.29) is 23.3 Å². The first-order valence-electron chi connectivity index (χ1n) is 9.73. The summed E-state index contributed by atoms with van der Waals surface area (Å²) < 4.78 is 0. The first-order valence-corrected chi connectivity index (χ1v) is 9.73. The van der Waals surface area contributed by atoms with Crippen LogP contribution in [0.25, 0.3) is 0 Å². The van der Waals surface area contributed by atoms with E-state index in [0.29, 0.717) is 34.6 Å². The minimum Gasteiger partial charge on any atom is -0.362 e. The molecule has 0 radical (unpaired) electrons. The fraction of sp³-hybridized carbons (Fsp3) is 0.273. The van der Waals surface area contributed by atoms with Crippen molar-refractivity contribution in [1.82, 2.24) is 0 Å². The van der Waals surface area contributed by atoms with Gasteiger partial charge in [-0.25, -0.2) is 0 Å². The average Bonchev–Trinajstić information content (AvgIpc) is 2.84. The molecule has 8 nitrogen and oxygen atoms in total. The largest absolute Gasteiger partial charge is 0.362 e. The maximum atomic E-state index is 13.5. The number of benzene rings is 2. The zero-order chi connectivity index (χ0) is 21.3. The molecule has 0 bridgehead atoms. The Hall–Kier alpha value is -3.68. The molecule has 3 N–H and O–H groups in total. The molecular formula is C22H20N4O4. The second-order valence-electron chi connectivity index (χ2n) is 8.78. The predicted molar refractivity (Wildman–Crippen MR) is 112 cm³/mol. The van der Waals surface area contributed by atoms with E-state index in [1.165, 1.54) is 18.2 Å². The Morgan fingerprint density at radius 2 is 1.70 bits per heavy atom. The van der Waals surface area contributed by atoms with Gasteiger partial charge in [-0.05, 0) is 30.0 Å². The molecule has 152 valence electrons. The lowest BCUT2D eigenvalue weighted by Gasteiger charge is -2.37. The number of nitro benzene ring substituents is 1. The molecule has 0 saturated carbocycles. The fourth-order valence-electron chi connectivity index (χ4n) is 4.77. The number of fused-ring (bicyclic) bond motifs is 4. The van der Waals surface area contributed by atoms with Gasteiger partial charge in [0.1, 0.15) is 0 Å². The lowest BCUT2D eigenvalue weighted by Crippen LogP contribution is -2.48. The number of hydrogen-bond acceptors (Lipinski definition) is 6. The Kier molecular flexibility index (Phi) is 3.62. The Balaban J connectivity index is 1.84. The van der Waals surface area contributed by atoms with E-state index >= 15 is 0 Å². The number of para-hydroxylation sites is 2. The van der Waals surface area contributed by atoms with Crippen LogP contribution in [0.1, 0.15) is 32.3 Å². The summed E-state index contributed by atoms with van der Waals surface area (Å²) in [5.74, 6) is -0.569. The van der Waals surface area contributed by atoms with Crippen LogP contribution in [0, 0.1) is 15.5 Å². The first-order chi connectivity index (χ1) is 14.2. The van der Waals surface area contributed by atoms with Crippen molar-refractivity contribution in [3.05, 3.63) is 69.4 Å². The molecule has 3 aliphatic rings. The highest BCUT2D eigenvalue weighted by atomic mass is 16.6. The normalized spacial score (nSPS) is 23.5. The third-order valence-electron chi connectivity index (χ3n) is 5.99. The minimum atomic E-state index is -1.54. The molecule has 8 heteroatoms. The summed E-state index contributed by atoms with van der Waals surface area (Å²) in [4.78, 5) is 37.8. The van der Waals surface area contributed by atoms with Gasteiger partial charge < -0.3 is 16.0 Å². The number of nitro groups is 1. The number of nitrogens with zero attached hydrogens (tertiary/aromatic N) is 1. The molecule has 2 aliphatic heterocycles. The van der Waals surface area contributed by atoms with Gasteiger partial charge in [0.25, 0.3) is 11.6 Å². The minimum absolute atomic E-state index is 0.136. The van der Waals surface area contributed by atoms with Crippen molar-refractivity contribution in [2.75, 3.05) is 16.0 Å². The zero-order valence-corrected chi connectivity index (χ0v) is 16.5. The van der Waals surface area contributed by atoms with Gasteiger partial charge in [0.05, 0.1) is 21.9 Å². The van der Waals surface area contributed by atoms with Gasteiger partial charge in [-0.15, -0.1) is 0 Å². The van der Waals surface area contributed by atoms with Gasteiger partial charge in [-0.2, -0.15) is 0 Å². The van der Waals surface area contributed by atoms with Gasteiger partial charge >= 0.3 is 0 Å². The predicted octanol–water partition coefficient (Wildman–Crippen LogP) is 3.92. The quantitative estimate of drug-likeness (QED) is 0.490. The molecule has 1 unspecified atom stereocenters. The molecular weight excluding hydrogens is 384 g/mol. The second kappa shape index (κ2) is 5.91. The molecule has 2 heterocycles. The molecule has 1 atom stereocenters. The molecule has 0 aromatic heterocycles. The van der Waals surface area contributed by atoms with E-state index in [4.69, 9.17) is 0 Å². The molecule has 30 heavy (non-hydrogen) atoms. The molecule has 5 rings (SSSR count). The van der Waals surface area contributed by atoms with Gasteiger partial charge in [-0.1, -0.05) is 26.0 Å². The SMILES string of the molecule is CC1(C)CC(=O)C2=C(C1)Nc1ccccc1NC21C(=O)Nc2ccc([N+](=O)[O-])cc21. The number of allylic oxidation sites excluding steroid dienone is 1. The van der Waals surface area contributed by atoms with Gasteiger partial charge in [0.15, 0.2) is 11.3 Å². The van der Waals surface area contributed by atoms with Crippen molar-refractivity contribution in [2.45, 2.75) is 32.2 Å². The maximum absolute atomic E-state index is 13.5. The highest BCUT2D eigenvalue weighted by Gasteiger charge is 2.56. The van der Waals surface area contributed by atoms with Crippen LogP contribution in [0.3, 0.4) is 0 Å².